The zero-order chi connectivity index (χ0) is 6.57. The zero-order valence-corrected chi connectivity index (χ0v) is 5.35. The minimum atomic E-state index is -0.688. The van der Waals surface area contributed by atoms with E-state index in [0.717, 1.165) is 12.8 Å². The van der Waals surface area contributed by atoms with E-state index in [0.29, 0.717) is 0 Å². The van der Waals surface area contributed by atoms with Crippen LogP contribution in [0.5, 0.6) is 0 Å². The van der Waals surface area contributed by atoms with Gasteiger partial charge in [-0.25, -0.2) is 0 Å². The summed E-state index contributed by atoms with van der Waals surface area (Å²) in [6.45, 7) is 3.71. The van der Waals surface area contributed by atoms with E-state index in [1.54, 1.807) is 6.92 Å². The highest BCUT2D eigenvalue weighted by molar-refractivity contribution is 5.69. The van der Waals surface area contributed by atoms with Gasteiger partial charge in [-0.15, -0.1) is 0 Å². The first-order valence-corrected chi connectivity index (χ1v) is 2.91. The monoisotopic (exact) mass is 116 g/mol. The molecule has 0 radical (unpaired) electrons. The van der Waals surface area contributed by atoms with E-state index in [9.17, 15) is 4.79 Å². The van der Waals surface area contributed by atoms with E-state index in [-0.39, 0.29) is 5.92 Å². The smallest absolute Gasteiger partial charge is 0.306 e. The van der Waals surface area contributed by atoms with Gasteiger partial charge in [0.2, 0.25) is 0 Å². The second-order valence-corrected chi connectivity index (χ2v) is 2.03. The standard InChI is InChI=1S/C6H12O2/c1-3-4-5(2)6(7)8/h5H,3-4H2,1-2H3,(H,7,8)/t5-/m1/s1. The molecule has 0 aromatic rings. The number of carboxylic acids is 1. The fourth-order valence-electron chi connectivity index (χ4n) is 0.556. The van der Waals surface area contributed by atoms with Crippen LogP contribution < -0.4 is 0 Å². The average Bonchev–Trinajstić information content (AvgIpc) is 1.67. The molecule has 0 aromatic carbocycles. The summed E-state index contributed by atoms with van der Waals surface area (Å²) in [5, 5.41) is 8.31. The molecule has 0 unspecified atom stereocenters. The highest BCUT2D eigenvalue weighted by atomic mass is 16.4. The maximum absolute atomic E-state index is 10.1. The molecule has 2 nitrogen and oxygen atoms in total. The fourth-order valence-corrected chi connectivity index (χ4v) is 0.556. The van der Waals surface area contributed by atoms with E-state index in [1.165, 1.54) is 0 Å². The Kier molecular flexibility index (Phi) is 3.24. The van der Waals surface area contributed by atoms with Gasteiger partial charge in [0.05, 0.1) is 5.92 Å². The van der Waals surface area contributed by atoms with Crippen molar-refractivity contribution in [2.75, 3.05) is 0 Å². The molecular formula is C6H12O2. The maximum Gasteiger partial charge on any atom is 0.306 e. The second-order valence-electron chi connectivity index (χ2n) is 2.03. The Labute approximate surface area is 49.5 Å². The molecule has 0 spiro atoms. The second kappa shape index (κ2) is 3.47. The van der Waals surface area contributed by atoms with Gasteiger partial charge < -0.3 is 5.11 Å². The minimum Gasteiger partial charge on any atom is -0.481 e. The highest BCUT2D eigenvalue weighted by Crippen LogP contribution is 2.03. The number of rotatable bonds is 3. The number of carbonyl (C=O) groups is 1. The number of hydrogen-bond acceptors (Lipinski definition) is 1. The fraction of sp³-hybridized carbons (Fsp3) is 0.833. The van der Waals surface area contributed by atoms with Crippen LogP contribution in [0.3, 0.4) is 0 Å². The van der Waals surface area contributed by atoms with Crippen LogP contribution in [0.15, 0.2) is 0 Å². The molecule has 0 amide bonds. The first-order valence-electron chi connectivity index (χ1n) is 2.91. The van der Waals surface area contributed by atoms with Crippen LogP contribution in [0.25, 0.3) is 0 Å². The number of hydrogen-bond donors (Lipinski definition) is 1. The first-order chi connectivity index (χ1) is 3.68. The summed E-state index contributed by atoms with van der Waals surface area (Å²) in [6.07, 6.45) is 1.74. The van der Waals surface area contributed by atoms with Gasteiger partial charge >= 0.3 is 5.97 Å². The van der Waals surface area contributed by atoms with E-state index in [1.807, 2.05) is 6.92 Å². The SMILES string of the molecule is CCC[C@@H](C)C(=O)O. The summed E-state index contributed by atoms with van der Waals surface area (Å²) in [5.41, 5.74) is 0. The lowest BCUT2D eigenvalue weighted by atomic mass is 10.1. The normalized spacial score (nSPS) is 13.2. The molecule has 1 atom stereocenters. The Hall–Kier alpha value is -0.530. The Morgan fingerprint density at radius 3 is 2.38 bits per heavy atom. The van der Waals surface area contributed by atoms with Gasteiger partial charge in [0.15, 0.2) is 0 Å². The van der Waals surface area contributed by atoms with Gasteiger partial charge in [0.1, 0.15) is 0 Å². The molecular weight excluding hydrogens is 104 g/mol. The van der Waals surface area contributed by atoms with Gasteiger partial charge in [-0.3, -0.25) is 4.79 Å². The maximum atomic E-state index is 10.1. The Morgan fingerprint density at radius 2 is 2.25 bits per heavy atom. The van der Waals surface area contributed by atoms with E-state index in [4.69, 9.17) is 5.11 Å². The van der Waals surface area contributed by atoms with Crippen LogP contribution in [0.1, 0.15) is 26.7 Å². The topological polar surface area (TPSA) is 37.3 Å². The highest BCUT2D eigenvalue weighted by Gasteiger charge is 2.07. The van der Waals surface area contributed by atoms with Crippen molar-refractivity contribution in [2.24, 2.45) is 5.92 Å². The molecule has 2 heteroatoms. The molecule has 0 saturated heterocycles. The third kappa shape index (κ3) is 2.61. The lowest BCUT2D eigenvalue weighted by molar-refractivity contribution is -0.141. The van der Waals surface area contributed by atoms with Crippen LogP contribution in [-0.4, -0.2) is 11.1 Å². The molecule has 0 aromatic heterocycles. The summed E-state index contributed by atoms with van der Waals surface area (Å²) in [7, 11) is 0. The van der Waals surface area contributed by atoms with Crippen molar-refractivity contribution in [1.82, 2.24) is 0 Å². The third-order valence-corrected chi connectivity index (χ3v) is 1.14. The lowest BCUT2D eigenvalue weighted by Gasteiger charge is -2.00. The molecule has 0 bridgehead atoms. The predicted octanol–water partition coefficient (Wildman–Crippen LogP) is 1.51. The van der Waals surface area contributed by atoms with Crippen molar-refractivity contribution >= 4 is 5.97 Å². The molecule has 0 heterocycles. The number of carboxylic acid groups (broad SMARTS) is 1. The molecule has 0 fully saturated rings. The van der Waals surface area contributed by atoms with Gasteiger partial charge in [-0.05, 0) is 6.42 Å². The van der Waals surface area contributed by atoms with Crippen molar-refractivity contribution < 1.29 is 9.90 Å². The summed E-state index contributed by atoms with van der Waals surface area (Å²) < 4.78 is 0. The molecule has 8 heavy (non-hydrogen) atoms. The van der Waals surface area contributed by atoms with Crippen LogP contribution in [0, 0.1) is 5.92 Å². The number of aliphatic carboxylic acids is 1. The Balaban J connectivity index is 3.32. The minimum absolute atomic E-state index is 0.167. The Morgan fingerprint density at radius 1 is 1.75 bits per heavy atom. The molecule has 0 aliphatic carbocycles. The summed E-state index contributed by atoms with van der Waals surface area (Å²) in [4.78, 5) is 10.1. The van der Waals surface area contributed by atoms with Gasteiger partial charge in [0, 0.05) is 0 Å². The summed E-state index contributed by atoms with van der Waals surface area (Å²) in [5.74, 6) is -0.855. The summed E-state index contributed by atoms with van der Waals surface area (Å²) in [6, 6.07) is 0. The third-order valence-electron chi connectivity index (χ3n) is 1.14. The van der Waals surface area contributed by atoms with Crippen molar-refractivity contribution in [2.45, 2.75) is 26.7 Å². The van der Waals surface area contributed by atoms with Gasteiger partial charge in [0.25, 0.3) is 0 Å². The van der Waals surface area contributed by atoms with Crippen molar-refractivity contribution in [3.63, 3.8) is 0 Å². The van der Waals surface area contributed by atoms with Crippen LogP contribution in [0.2, 0.25) is 0 Å². The predicted molar refractivity (Wildman–Crippen MR) is 31.7 cm³/mol. The van der Waals surface area contributed by atoms with Crippen molar-refractivity contribution in [1.29, 1.82) is 0 Å². The quantitative estimate of drug-likeness (QED) is 0.606. The average molecular weight is 116 g/mol. The molecule has 0 aliphatic rings. The zero-order valence-electron chi connectivity index (χ0n) is 5.35. The van der Waals surface area contributed by atoms with Gasteiger partial charge in [-0.1, -0.05) is 20.3 Å². The largest absolute Gasteiger partial charge is 0.481 e. The van der Waals surface area contributed by atoms with Crippen molar-refractivity contribution in [3.05, 3.63) is 0 Å². The van der Waals surface area contributed by atoms with Crippen molar-refractivity contribution in [3.8, 4) is 0 Å². The van der Waals surface area contributed by atoms with Crippen LogP contribution in [0.4, 0.5) is 0 Å². The van der Waals surface area contributed by atoms with E-state index < -0.39 is 5.97 Å². The Bertz CT molecular complexity index is 78.6. The molecule has 1 N–H and O–H groups in total. The first kappa shape index (κ1) is 7.47. The molecule has 0 aliphatic heterocycles. The summed E-state index contributed by atoms with van der Waals surface area (Å²) >= 11 is 0. The van der Waals surface area contributed by atoms with E-state index >= 15 is 0 Å². The van der Waals surface area contributed by atoms with Crippen LogP contribution >= 0.6 is 0 Å². The van der Waals surface area contributed by atoms with Crippen LogP contribution in [-0.2, 0) is 4.79 Å². The molecule has 48 valence electrons. The molecule has 0 rings (SSSR count). The lowest BCUT2D eigenvalue weighted by Crippen LogP contribution is -2.08. The van der Waals surface area contributed by atoms with E-state index in [2.05, 4.69) is 0 Å². The molecule has 0 saturated carbocycles. The van der Waals surface area contributed by atoms with Gasteiger partial charge in [-0.2, -0.15) is 0 Å².